The monoisotopic (exact) mass is 520 g/mol. The molecule has 2 saturated heterocycles. The number of nitrogens with zero attached hydrogens (tertiary/aromatic N) is 5. The van der Waals surface area contributed by atoms with E-state index in [9.17, 15) is 4.79 Å². The zero-order chi connectivity index (χ0) is 25.4. The molecule has 10 nitrogen and oxygen atoms in total. The van der Waals surface area contributed by atoms with E-state index < -0.39 is 0 Å². The van der Waals surface area contributed by atoms with Gasteiger partial charge in [0.1, 0.15) is 11.3 Å². The maximum Gasteiger partial charge on any atom is 0.323 e. The van der Waals surface area contributed by atoms with E-state index in [0.29, 0.717) is 28.0 Å². The van der Waals surface area contributed by atoms with Gasteiger partial charge in [0.25, 0.3) is 0 Å². The van der Waals surface area contributed by atoms with Crippen molar-refractivity contribution >= 4 is 32.7 Å². The fraction of sp³-hybridized carbons (Fsp3) is 0.385. The van der Waals surface area contributed by atoms with Crippen molar-refractivity contribution in [2.24, 2.45) is 12.5 Å². The third-order valence-corrected chi connectivity index (χ3v) is 8.14. The van der Waals surface area contributed by atoms with Crippen LogP contribution in [0.25, 0.3) is 21.3 Å². The van der Waals surface area contributed by atoms with Crippen LogP contribution in [0.15, 0.2) is 42.9 Å². The van der Waals surface area contributed by atoms with Crippen LogP contribution in [0.5, 0.6) is 17.4 Å². The maximum absolute atomic E-state index is 13.1. The first-order valence-corrected chi connectivity index (χ1v) is 13.1. The Kier molecular flexibility index (Phi) is 6.17. The van der Waals surface area contributed by atoms with Gasteiger partial charge in [-0.2, -0.15) is 5.10 Å². The summed E-state index contributed by atoms with van der Waals surface area (Å²) in [6.45, 7) is 3.05. The number of anilines is 1. The number of fused-ring (bicyclic) bond motifs is 1. The van der Waals surface area contributed by atoms with Crippen molar-refractivity contribution in [3.05, 3.63) is 42.9 Å². The molecule has 2 fully saturated rings. The van der Waals surface area contributed by atoms with E-state index >= 15 is 0 Å². The van der Waals surface area contributed by atoms with Gasteiger partial charge in [-0.15, -0.1) is 0 Å². The Balaban J connectivity index is 1.26. The lowest BCUT2D eigenvalue weighted by Crippen LogP contribution is -2.37. The predicted octanol–water partition coefficient (Wildman–Crippen LogP) is 4.93. The molecule has 6 rings (SSSR count). The summed E-state index contributed by atoms with van der Waals surface area (Å²) in [5.74, 6) is 1.76. The van der Waals surface area contributed by atoms with Gasteiger partial charge in [0.2, 0.25) is 5.88 Å². The minimum atomic E-state index is -0.122. The van der Waals surface area contributed by atoms with Crippen molar-refractivity contribution in [2.75, 3.05) is 38.7 Å². The zero-order valence-corrected chi connectivity index (χ0v) is 21.6. The van der Waals surface area contributed by atoms with Crippen LogP contribution in [-0.2, 0) is 11.8 Å². The molecule has 1 aromatic carbocycles. The number of aromatic nitrogens is 4. The summed E-state index contributed by atoms with van der Waals surface area (Å²) >= 11 is 1.41. The molecule has 4 aromatic rings. The second-order valence-corrected chi connectivity index (χ2v) is 10.6. The van der Waals surface area contributed by atoms with Crippen LogP contribution in [-0.4, -0.2) is 64.1 Å². The summed E-state index contributed by atoms with van der Waals surface area (Å²) in [5.41, 5.74) is 2.60. The summed E-state index contributed by atoms with van der Waals surface area (Å²) < 4.78 is 19.5. The molecule has 2 aliphatic heterocycles. The van der Waals surface area contributed by atoms with Gasteiger partial charge in [0.15, 0.2) is 10.9 Å². The molecule has 0 bridgehead atoms. The number of benzene rings is 1. The third kappa shape index (κ3) is 4.72. The molecule has 3 aromatic heterocycles. The van der Waals surface area contributed by atoms with Crippen LogP contribution in [0, 0.1) is 5.41 Å². The minimum absolute atomic E-state index is 0.122. The average Bonchev–Trinajstić information content (AvgIpc) is 3.63. The van der Waals surface area contributed by atoms with Gasteiger partial charge in [-0.1, -0.05) is 23.5 Å². The Labute approximate surface area is 218 Å². The fourth-order valence-corrected chi connectivity index (χ4v) is 6.08. The van der Waals surface area contributed by atoms with Crippen LogP contribution in [0.3, 0.4) is 0 Å². The van der Waals surface area contributed by atoms with Gasteiger partial charge in [-0.3, -0.25) is 10.00 Å². The van der Waals surface area contributed by atoms with E-state index in [2.05, 4.69) is 20.4 Å². The minimum Gasteiger partial charge on any atom is -0.479 e. The number of rotatable bonds is 5. The number of nitrogens with one attached hydrogen (secondary N) is 1. The van der Waals surface area contributed by atoms with Crippen LogP contribution in [0.2, 0.25) is 0 Å². The van der Waals surface area contributed by atoms with E-state index in [1.807, 2.05) is 42.4 Å². The van der Waals surface area contributed by atoms with Crippen LogP contribution < -0.4 is 14.8 Å². The Morgan fingerprint density at radius 3 is 2.84 bits per heavy atom. The van der Waals surface area contributed by atoms with E-state index in [-0.39, 0.29) is 11.4 Å². The first kappa shape index (κ1) is 23.7. The topological polar surface area (TPSA) is 104 Å². The highest BCUT2D eigenvalue weighted by Gasteiger charge is 2.41. The molecule has 0 atom stereocenters. The van der Waals surface area contributed by atoms with Crippen LogP contribution >= 0.6 is 11.3 Å². The molecule has 1 spiro atoms. The largest absolute Gasteiger partial charge is 0.479 e. The number of amides is 2. The highest BCUT2D eigenvalue weighted by atomic mass is 32.1. The lowest BCUT2D eigenvalue weighted by Gasteiger charge is -2.33. The summed E-state index contributed by atoms with van der Waals surface area (Å²) in [7, 11) is 3.41. The lowest BCUT2D eigenvalue weighted by atomic mass is 9.80. The number of hydrogen-bond donors (Lipinski definition) is 1. The smallest absolute Gasteiger partial charge is 0.323 e. The lowest BCUT2D eigenvalue weighted by molar-refractivity contribution is 0.0211. The third-order valence-electron chi connectivity index (χ3n) is 7.13. The molecule has 0 unspecified atom stereocenters. The van der Waals surface area contributed by atoms with Crippen LogP contribution in [0.4, 0.5) is 9.93 Å². The average molecular weight is 521 g/mol. The van der Waals surface area contributed by atoms with E-state index in [1.165, 1.54) is 11.3 Å². The van der Waals surface area contributed by atoms with Crippen LogP contribution in [0.1, 0.15) is 19.3 Å². The summed E-state index contributed by atoms with van der Waals surface area (Å²) in [4.78, 5) is 24.2. The number of methoxy groups -OCH3 is 1. The van der Waals surface area contributed by atoms with Gasteiger partial charge in [-0.05, 0) is 42.4 Å². The number of thiazole rings is 1. The van der Waals surface area contributed by atoms with E-state index in [1.54, 1.807) is 24.2 Å². The quantitative estimate of drug-likeness (QED) is 0.398. The molecule has 0 radical (unpaired) electrons. The first-order valence-electron chi connectivity index (χ1n) is 12.3. The van der Waals surface area contributed by atoms with Crippen molar-refractivity contribution in [1.29, 1.82) is 0 Å². The molecule has 0 saturated carbocycles. The Bertz CT molecular complexity index is 1440. The van der Waals surface area contributed by atoms with Crippen molar-refractivity contribution in [1.82, 2.24) is 24.6 Å². The molecule has 192 valence electrons. The van der Waals surface area contributed by atoms with Crippen molar-refractivity contribution in [2.45, 2.75) is 19.3 Å². The molecular formula is C26H28N6O4S. The molecule has 1 N–H and O–H groups in total. The summed E-state index contributed by atoms with van der Waals surface area (Å²) in [6, 6.07) is 7.65. The Hall–Kier alpha value is -3.70. The molecule has 37 heavy (non-hydrogen) atoms. The number of carbonyl (C=O) groups excluding carboxylic acids is 1. The van der Waals surface area contributed by atoms with E-state index in [4.69, 9.17) is 14.2 Å². The van der Waals surface area contributed by atoms with Gasteiger partial charge >= 0.3 is 6.03 Å². The van der Waals surface area contributed by atoms with Gasteiger partial charge < -0.3 is 19.1 Å². The van der Waals surface area contributed by atoms with Gasteiger partial charge in [0.05, 0.1) is 24.2 Å². The summed E-state index contributed by atoms with van der Waals surface area (Å²) in [5, 5.41) is 7.69. The van der Waals surface area contributed by atoms with E-state index in [0.717, 1.165) is 61.4 Å². The number of hydrogen-bond acceptors (Lipinski definition) is 8. The molecule has 11 heteroatoms. The van der Waals surface area contributed by atoms with Gasteiger partial charge in [0, 0.05) is 45.1 Å². The SMILES string of the molecule is COc1ncc(-c2cccc(Oc3cnn(C)c3)c2)c2sc(NC(=O)N3CCC4(CCOCC4)C3)nc12. The number of ether oxygens (including phenoxy) is 3. The number of likely N-dealkylation sites (tertiary alicyclic amines) is 1. The standard InChI is InChI=1S/C26H28N6O4S/c1-31-15-19(13-28-31)36-18-5-3-4-17(12-18)20-14-27-23(34-2)21-22(20)37-24(29-21)30-25(33)32-9-6-26(16-32)7-10-35-11-8-26/h3-5,12-15H,6-11,16H2,1-2H3,(H,29,30,33). The number of pyridine rings is 1. The molecule has 2 aliphatic rings. The molecule has 5 heterocycles. The highest BCUT2D eigenvalue weighted by molar-refractivity contribution is 7.23. The van der Waals surface area contributed by atoms with Gasteiger partial charge in [-0.25, -0.2) is 14.8 Å². The van der Waals surface area contributed by atoms with Crippen molar-refractivity contribution < 1.29 is 19.0 Å². The highest BCUT2D eigenvalue weighted by Crippen LogP contribution is 2.41. The zero-order valence-electron chi connectivity index (χ0n) is 20.8. The Morgan fingerprint density at radius 1 is 1.19 bits per heavy atom. The van der Waals surface area contributed by atoms with Crippen molar-refractivity contribution in [3.63, 3.8) is 0 Å². The first-order chi connectivity index (χ1) is 18.0. The fourth-order valence-electron chi connectivity index (χ4n) is 5.11. The number of aryl methyl sites for hydroxylation is 1. The molecule has 0 aliphatic carbocycles. The normalized spacial score (nSPS) is 16.9. The summed E-state index contributed by atoms with van der Waals surface area (Å²) in [6.07, 6.45) is 8.28. The van der Waals surface area contributed by atoms with Crippen molar-refractivity contribution in [3.8, 4) is 28.5 Å². The molecular weight excluding hydrogens is 492 g/mol. The number of urea groups is 1. The Morgan fingerprint density at radius 2 is 2.05 bits per heavy atom. The molecule has 2 amide bonds. The maximum atomic E-state index is 13.1. The second kappa shape index (κ2) is 9.64. The number of carbonyl (C=O) groups is 1. The second-order valence-electron chi connectivity index (χ2n) is 9.57. The predicted molar refractivity (Wildman–Crippen MR) is 140 cm³/mol.